The van der Waals surface area contributed by atoms with E-state index < -0.39 is 0 Å². The Bertz CT molecular complexity index is 2050. The topological polar surface area (TPSA) is 28.9 Å². The van der Waals surface area contributed by atoms with Crippen molar-refractivity contribution in [3.8, 4) is 22.3 Å². The highest BCUT2D eigenvalue weighted by atomic mass is 16.3. The molecule has 37 heavy (non-hydrogen) atoms. The summed E-state index contributed by atoms with van der Waals surface area (Å²) in [5.74, 6) is 0. The Labute approximate surface area is 214 Å². The molecule has 2 aliphatic carbocycles. The summed E-state index contributed by atoms with van der Waals surface area (Å²) in [7, 11) is 0. The van der Waals surface area contributed by atoms with Gasteiger partial charge in [0.25, 0.3) is 0 Å². The number of nitrogens with one attached hydrogen (secondary N) is 1. The van der Waals surface area contributed by atoms with E-state index in [1.165, 1.54) is 86.1 Å². The van der Waals surface area contributed by atoms with Crippen molar-refractivity contribution in [3.05, 3.63) is 108 Å². The number of hydrogen-bond acceptors (Lipinski definition) is 1. The zero-order valence-corrected chi connectivity index (χ0v) is 20.5. The number of rotatable bonds is 1. The highest BCUT2D eigenvalue weighted by Gasteiger charge is 2.45. The zero-order valence-electron chi connectivity index (χ0n) is 20.5. The molecule has 1 spiro atoms. The predicted octanol–water partition coefficient (Wildman–Crippen LogP) is 9.73. The van der Waals surface area contributed by atoms with E-state index in [1.807, 2.05) is 6.07 Å². The van der Waals surface area contributed by atoms with E-state index in [9.17, 15) is 0 Å². The molecular formula is C35H25NO. The van der Waals surface area contributed by atoms with Gasteiger partial charge in [-0.05, 0) is 71.0 Å². The van der Waals surface area contributed by atoms with E-state index in [1.54, 1.807) is 0 Å². The molecule has 2 aromatic heterocycles. The monoisotopic (exact) mass is 475 g/mol. The van der Waals surface area contributed by atoms with Crippen molar-refractivity contribution in [1.82, 2.24) is 4.98 Å². The standard InChI is InChI=1S/C35H25NO/c1-3-12-29-23(8-1)26-20-32-28(19-30(26)35(29)16-5-6-17-35)27-18-21(14-15-31(27)36-32)22-10-7-11-25-24-9-2-4-13-33(24)37-34(22)25/h1-4,7-15,18-20,36H,5-6,16-17H2. The van der Waals surface area contributed by atoms with Crippen molar-refractivity contribution in [3.63, 3.8) is 0 Å². The first-order valence-corrected chi connectivity index (χ1v) is 13.4. The highest BCUT2D eigenvalue weighted by Crippen LogP contribution is 2.57. The van der Waals surface area contributed by atoms with Crippen LogP contribution in [0.4, 0.5) is 0 Å². The quantitative estimate of drug-likeness (QED) is 0.251. The maximum Gasteiger partial charge on any atom is 0.143 e. The van der Waals surface area contributed by atoms with Crippen molar-refractivity contribution in [2.75, 3.05) is 0 Å². The summed E-state index contributed by atoms with van der Waals surface area (Å²) < 4.78 is 6.37. The van der Waals surface area contributed by atoms with Crippen LogP contribution in [0.15, 0.2) is 101 Å². The molecule has 2 heteroatoms. The molecule has 1 saturated carbocycles. The van der Waals surface area contributed by atoms with Crippen LogP contribution in [0, 0.1) is 0 Å². The van der Waals surface area contributed by atoms with Crippen LogP contribution in [0.1, 0.15) is 36.8 Å². The lowest BCUT2D eigenvalue weighted by Gasteiger charge is -2.26. The van der Waals surface area contributed by atoms with Crippen LogP contribution in [-0.4, -0.2) is 4.98 Å². The summed E-state index contributed by atoms with van der Waals surface area (Å²) in [5.41, 5.74) is 12.7. The number of aromatic amines is 1. The minimum absolute atomic E-state index is 0.182. The summed E-state index contributed by atoms with van der Waals surface area (Å²) in [6, 6.07) is 35.7. The number of benzene rings is 5. The Morgan fingerprint density at radius 2 is 1.35 bits per heavy atom. The number of fused-ring (bicyclic) bond motifs is 11. The van der Waals surface area contributed by atoms with E-state index in [4.69, 9.17) is 4.42 Å². The van der Waals surface area contributed by atoms with Gasteiger partial charge in [-0.1, -0.05) is 79.6 Å². The molecule has 1 N–H and O–H groups in total. The molecule has 1 fully saturated rings. The molecule has 2 aliphatic rings. The number of hydrogen-bond donors (Lipinski definition) is 1. The maximum absolute atomic E-state index is 6.37. The molecule has 0 radical (unpaired) electrons. The van der Waals surface area contributed by atoms with Crippen LogP contribution < -0.4 is 0 Å². The molecule has 0 bridgehead atoms. The summed E-state index contributed by atoms with van der Waals surface area (Å²) in [6.07, 6.45) is 5.13. The second-order valence-corrected chi connectivity index (χ2v) is 10.9. The maximum atomic E-state index is 6.37. The van der Waals surface area contributed by atoms with Crippen molar-refractivity contribution in [2.45, 2.75) is 31.1 Å². The third kappa shape index (κ3) is 2.50. The number of furan rings is 1. The van der Waals surface area contributed by atoms with Crippen molar-refractivity contribution < 1.29 is 4.42 Å². The second-order valence-electron chi connectivity index (χ2n) is 10.9. The van der Waals surface area contributed by atoms with Crippen LogP contribution in [0.25, 0.3) is 66.0 Å². The predicted molar refractivity (Wildman–Crippen MR) is 153 cm³/mol. The normalized spacial score (nSPS) is 15.9. The van der Waals surface area contributed by atoms with Crippen LogP contribution in [0.3, 0.4) is 0 Å². The zero-order chi connectivity index (χ0) is 24.1. The summed E-state index contributed by atoms with van der Waals surface area (Å²) in [6.45, 7) is 0. The molecule has 2 nitrogen and oxygen atoms in total. The van der Waals surface area contributed by atoms with Crippen molar-refractivity contribution in [1.29, 1.82) is 0 Å². The lowest BCUT2D eigenvalue weighted by molar-refractivity contribution is 0.550. The van der Waals surface area contributed by atoms with E-state index in [2.05, 4.69) is 96.0 Å². The molecule has 9 rings (SSSR count). The fourth-order valence-electron chi connectivity index (χ4n) is 7.51. The first kappa shape index (κ1) is 19.8. The summed E-state index contributed by atoms with van der Waals surface area (Å²) in [4.78, 5) is 3.73. The van der Waals surface area contributed by atoms with E-state index >= 15 is 0 Å². The Morgan fingerprint density at radius 3 is 2.30 bits per heavy atom. The van der Waals surface area contributed by atoms with Crippen LogP contribution in [0.5, 0.6) is 0 Å². The molecule has 7 aromatic rings. The molecule has 0 saturated heterocycles. The molecule has 0 amide bonds. The molecule has 0 aliphatic heterocycles. The molecule has 2 heterocycles. The molecule has 176 valence electrons. The number of aromatic nitrogens is 1. The fraction of sp³-hybridized carbons (Fsp3) is 0.143. The highest BCUT2D eigenvalue weighted by molar-refractivity contribution is 6.13. The van der Waals surface area contributed by atoms with E-state index in [-0.39, 0.29) is 5.41 Å². The Hall–Kier alpha value is -4.30. The fourth-order valence-corrected chi connectivity index (χ4v) is 7.51. The average Bonchev–Trinajstić information content (AvgIpc) is 3.71. The average molecular weight is 476 g/mol. The van der Waals surface area contributed by atoms with Gasteiger partial charge in [-0.15, -0.1) is 0 Å². The first-order chi connectivity index (χ1) is 18.3. The van der Waals surface area contributed by atoms with Crippen LogP contribution >= 0.6 is 0 Å². The molecule has 0 atom stereocenters. The largest absolute Gasteiger partial charge is 0.455 e. The number of H-pyrrole nitrogens is 1. The van der Waals surface area contributed by atoms with Gasteiger partial charge >= 0.3 is 0 Å². The van der Waals surface area contributed by atoms with Gasteiger partial charge in [-0.3, -0.25) is 0 Å². The van der Waals surface area contributed by atoms with Gasteiger partial charge in [-0.25, -0.2) is 0 Å². The second kappa shape index (κ2) is 6.92. The minimum atomic E-state index is 0.182. The third-order valence-corrected chi connectivity index (χ3v) is 9.16. The van der Waals surface area contributed by atoms with E-state index in [0.717, 1.165) is 16.7 Å². The lowest BCUT2D eigenvalue weighted by Crippen LogP contribution is -2.20. The first-order valence-electron chi connectivity index (χ1n) is 13.4. The van der Waals surface area contributed by atoms with Gasteiger partial charge < -0.3 is 9.40 Å². The van der Waals surface area contributed by atoms with Crippen molar-refractivity contribution in [2.24, 2.45) is 0 Å². The molecular weight excluding hydrogens is 450 g/mol. The van der Waals surface area contributed by atoms with Gasteiger partial charge in [0, 0.05) is 43.6 Å². The van der Waals surface area contributed by atoms with Gasteiger partial charge in [0.2, 0.25) is 0 Å². The Morgan fingerprint density at radius 1 is 0.568 bits per heavy atom. The minimum Gasteiger partial charge on any atom is -0.455 e. The third-order valence-electron chi connectivity index (χ3n) is 9.16. The van der Waals surface area contributed by atoms with Gasteiger partial charge in [0.1, 0.15) is 11.2 Å². The molecule has 5 aromatic carbocycles. The Kier molecular flexibility index (Phi) is 3.71. The Balaban J connectivity index is 1.30. The summed E-state index contributed by atoms with van der Waals surface area (Å²) >= 11 is 0. The smallest absolute Gasteiger partial charge is 0.143 e. The van der Waals surface area contributed by atoms with Gasteiger partial charge in [0.15, 0.2) is 0 Å². The van der Waals surface area contributed by atoms with Gasteiger partial charge in [0.05, 0.1) is 0 Å². The van der Waals surface area contributed by atoms with Gasteiger partial charge in [-0.2, -0.15) is 0 Å². The summed E-state index contributed by atoms with van der Waals surface area (Å²) in [5, 5.41) is 4.95. The van der Waals surface area contributed by atoms with E-state index in [0.29, 0.717) is 0 Å². The molecule has 0 unspecified atom stereocenters. The lowest BCUT2D eigenvalue weighted by atomic mass is 9.76. The SMILES string of the molecule is c1ccc2c(c1)-c1cc3[nH]c4ccc(-c5cccc6c5oc5ccccc56)cc4c3cc1C21CCCC1. The number of para-hydroxylation sites is 2. The van der Waals surface area contributed by atoms with Crippen LogP contribution in [-0.2, 0) is 5.41 Å². The van der Waals surface area contributed by atoms with Crippen molar-refractivity contribution >= 4 is 43.7 Å². The van der Waals surface area contributed by atoms with Crippen LogP contribution in [0.2, 0.25) is 0 Å².